The Kier molecular flexibility index (Phi) is 6.57. The van der Waals surface area contributed by atoms with Gasteiger partial charge in [-0.15, -0.1) is 0 Å². The first-order chi connectivity index (χ1) is 13.5. The van der Waals surface area contributed by atoms with Gasteiger partial charge in [0.15, 0.2) is 0 Å². The van der Waals surface area contributed by atoms with E-state index in [1.807, 2.05) is 49.4 Å². The highest BCUT2D eigenvalue weighted by Gasteiger charge is 2.27. The van der Waals surface area contributed by atoms with Gasteiger partial charge < -0.3 is 19.7 Å². The highest BCUT2D eigenvalue weighted by molar-refractivity contribution is 9.10. The molecule has 0 spiro atoms. The van der Waals surface area contributed by atoms with E-state index in [1.54, 1.807) is 12.0 Å². The number of rotatable bonds is 6. The van der Waals surface area contributed by atoms with Gasteiger partial charge >= 0.3 is 0 Å². The van der Waals surface area contributed by atoms with Crippen LogP contribution in [0.1, 0.15) is 25.3 Å². The molecule has 3 rings (SSSR count). The van der Waals surface area contributed by atoms with Gasteiger partial charge in [0.2, 0.25) is 11.8 Å². The van der Waals surface area contributed by atoms with Crippen LogP contribution >= 0.6 is 15.9 Å². The molecule has 2 amide bonds. The number of ether oxygens (including phenoxy) is 2. The SMILES string of the molecule is COc1ccc(Br)cc1CNC(=O)CCC(=O)N1C[C@@H](C)Oc2ccccc21. The molecule has 0 radical (unpaired) electrons. The number of halogens is 1. The van der Waals surface area contributed by atoms with E-state index in [4.69, 9.17) is 9.47 Å². The van der Waals surface area contributed by atoms with Crippen LogP contribution in [0.5, 0.6) is 11.5 Å². The molecular weight excluding hydrogens is 424 g/mol. The summed E-state index contributed by atoms with van der Waals surface area (Å²) < 4.78 is 12.0. The molecule has 0 saturated heterocycles. The summed E-state index contributed by atoms with van der Waals surface area (Å²) in [6.07, 6.45) is 0.183. The molecule has 2 aromatic rings. The maximum Gasteiger partial charge on any atom is 0.227 e. The molecule has 1 aliphatic heterocycles. The van der Waals surface area contributed by atoms with Gasteiger partial charge in [0.05, 0.1) is 19.3 Å². The fraction of sp³-hybridized carbons (Fsp3) is 0.333. The van der Waals surface area contributed by atoms with Crippen LogP contribution < -0.4 is 19.7 Å². The first-order valence-corrected chi connectivity index (χ1v) is 9.92. The number of benzene rings is 2. The monoisotopic (exact) mass is 446 g/mol. The summed E-state index contributed by atoms with van der Waals surface area (Å²) in [5.74, 6) is 1.14. The minimum absolute atomic E-state index is 0.0854. The molecule has 28 heavy (non-hydrogen) atoms. The number of carbonyl (C=O) groups is 2. The Hall–Kier alpha value is -2.54. The Bertz CT molecular complexity index is 871. The van der Waals surface area contributed by atoms with Crippen LogP contribution in [0.15, 0.2) is 46.9 Å². The van der Waals surface area contributed by atoms with Crippen molar-refractivity contribution in [1.82, 2.24) is 5.32 Å². The van der Waals surface area contributed by atoms with Gasteiger partial charge in [-0.3, -0.25) is 9.59 Å². The highest BCUT2D eigenvalue weighted by Crippen LogP contribution is 2.33. The predicted octanol–water partition coefficient (Wildman–Crippen LogP) is 3.67. The molecule has 1 N–H and O–H groups in total. The number of nitrogens with one attached hydrogen (secondary N) is 1. The van der Waals surface area contributed by atoms with Gasteiger partial charge in [0.1, 0.15) is 17.6 Å². The summed E-state index contributed by atoms with van der Waals surface area (Å²) in [4.78, 5) is 26.6. The van der Waals surface area contributed by atoms with Crippen molar-refractivity contribution in [3.05, 3.63) is 52.5 Å². The second-order valence-corrected chi connectivity index (χ2v) is 7.55. The normalized spacial score (nSPS) is 15.4. The van der Waals surface area contributed by atoms with Crippen LogP contribution in [0.4, 0.5) is 5.69 Å². The van der Waals surface area contributed by atoms with E-state index >= 15 is 0 Å². The molecule has 0 bridgehead atoms. The van der Waals surface area contributed by atoms with Gasteiger partial charge in [-0.1, -0.05) is 28.1 Å². The summed E-state index contributed by atoms with van der Waals surface area (Å²) in [6, 6.07) is 13.1. The van der Waals surface area contributed by atoms with Crippen molar-refractivity contribution in [3.63, 3.8) is 0 Å². The molecule has 148 valence electrons. The molecule has 1 atom stereocenters. The Morgan fingerprint density at radius 1 is 1.25 bits per heavy atom. The van der Waals surface area contributed by atoms with Crippen LogP contribution in [0.2, 0.25) is 0 Å². The van der Waals surface area contributed by atoms with Gasteiger partial charge in [-0.25, -0.2) is 0 Å². The standard InChI is InChI=1S/C21H23BrN2O4/c1-14-13-24(17-5-3-4-6-19(17)28-14)21(26)10-9-20(25)23-12-15-11-16(22)7-8-18(15)27-2/h3-8,11,14H,9-10,12-13H2,1-2H3,(H,23,25)/t14-/m1/s1. The minimum atomic E-state index is -0.176. The third-order valence-electron chi connectivity index (χ3n) is 4.51. The molecule has 0 fully saturated rings. The number of nitrogens with zero attached hydrogens (tertiary/aromatic N) is 1. The average Bonchev–Trinajstić information content (AvgIpc) is 2.69. The lowest BCUT2D eigenvalue weighted by Gasteiger charge is -2.33. The van der Waals surface area contributed by atoms with Crippen LogP contribution in [0.3, 0.4) is 0 Å². The van der Waals surface area contributed by atoms with Crippen molar-refractivity contribution in [2.24, 2.45) is 0 Å². The summed E-state index contributed by atoms with van der Waals surface area (Å²) in [5, 5.41) is 2.85. The van der Waals surface area contributed by atoms with Crippen molar-refractivity contribution in [1.29, 1.82) is 0 Å². The second kappa shape index (κ2) is 9.10. The zero-order valence-electron chi connectivity index (χ0n) is 15.9. The van der Waals surface area contributed by atoms with E-state index in [9.17, 15) is 9.59 Å². The van der Waals surface area contributed by atoms with Crippen molar-refractivity contribution in [3.8, 4) is 11.5 Å². The summed E-state index contributed by atoms with van der Waals surface area (Å²) in [5.41, 5.74) is 1.62. The molecule has 0 aromatic heterocycles. The van der Waals surface area contributed by atoms with Crippen LogP contribution in [-0.2, 0) is 16.1 Å². The fourth-order valence-corrected chi connectivity index (χ4v) is 3.56. The van der Waals surface area contributed by atoms with E-state index in [2.05, 4.69) is 21.2 Å². The van der Waals surface area contributed by atoms with Crippen LogP contribution in [-0.4, -0.2) is 31.6 Å². The van der Waals surface area contributed by atoms with Gasteiger partial charge in [-0.05, 0) is 37.3 Å². The number of hydrogen-bond acceptors (Lipinski definition) is 4. The number of anilines is 1. The third-order valence-corrected chi connectivity index (χ3v) is 5.00. The first-order valence-electron chi connectivity index (χ1n) is 9.13. The van der Waals surface area contributed by atoms with Gasteiger partial charge in [-0.2, -0.15) is 0 Å². The molecule has 2 aromatic carbocycles. The van der Waals surface area contributed by atoms with E-state index in [0.29, 0.717) is 24.6 Å². The minimum Gasteiger partial charge on any atom is -0.496 e. The molecule has 0 aliphatic carbocycles. The van der Waals surface area contributed by atoms with Crippen molar-refractivity contribution in [2.75, 3.05) is 18.6 Å². The number of methoxy groups -OCH3 is 1. The highest BCUT2D eigenvalue weighted by atomic mass is 79.9. The second-order valence-electron chi connectivity index (χ2n) is 6.63. The number of fused-ring (bicyclic) bond motifs is 1. The lowest BCUT2D eigenvalue weighted by atomic mass is 10.1. The zero-order valence-corrected chi connectivity index (χ0v) is 17.5. The van der Waals surface area contributed by atoms with Gasteiger partial charge in [0.25, 0.3) is 0 Å². The molecule has 0 saturated carbocycles. The van der Waals surface area contributed by atoms with Gasteiger partial charge in [0, 0.05) is 29.4 Å². The molecule has 7 heteroatoms. The van der Waals surface area contributed by atoms with Crippen molar-refractivity contribution < 1.29 is 19.1 Å². The van der Waals surface area contributed by atoms with E-state index in [1.165, 1.54) is 0 Å². The smallest absolute Gasteiger partial charge is 0.227 e. The maximum atomic E-state index is 12.7. The summed E-state index contributed by atoms with van der Waals surface area (Å²) in [7, 11) is 1.59. The summed E-state index contributed by atoms with van der Waals surface area (Å²) >= 11 is 3.42. The number of hydrogen-bond donors (Lipinski definition) is 1. The quantitative estimate of drug-likeness (QED) is 0.734. The fourth-order valence-electron chi connectivity index (χ4n) is 3.15. The van der Waals surface area contributed by atoms with Crippen LogP contribution in [0.25, 0.3) is 0 Å². The van der Waals surface area contributed by atoms with E-state index in [0.717, 1.165) is 15.7 Å². The lowest BCUT2D eigenvalue weighted by Crippen LogP contribution is -2.42. The third kappa shape index (κ3) is 4.84. The first kappa shape index (κ1) is 20.2. The molecule has 1 heterocycles. The molecule has 0 unspecified atom stereocenters. The molecule has 6 nitrogen and oxygen atoms in total. The lowest BCUT2D eigenvalue weighted by molar-refractivity contribution is -0.125. The topological polar surface area (TPSA) is 67.9 Å². The van der Waals surface area contributed by atoms with E-state index in [-0.39, 0.29) is 30.8 Å². The average molecular weight is 447 g/mol. The Balaban J connectivity index is 1.55. The van der Waals surface area contributed by atoms with E-state index < -0.39 is 0 Å². The summed E-state index contributed by atoms with van der Waals surface area (Å²) in [6.45, 7) is 2.74. The van der Waals surface area contributed by atoms with Crippen molar-refractivity contribution in [2.45, 2.75) is 32.4 Å². The number of carbonyl (C=O) groups excluding carboxylic acids is 2. The Morgan fingerprint density at radius 2 is 2.04 bits per heavy atom. The Labute approximate surface area is 172 Å². The molecular formula is C21H23BrN2O4. The zero-order chi connectivity index (χ0) is 20.1. The van der Waals surface area contributed by atoms with Crippen LogP contribution in [0, 0.1) is 0 Å². The maximum absolute atomic E-state index is 12.7. The Morgan fingerprint density at radius 3 is 2.82 bits per heavy atom. The number of para-hydroxylation sites is 2. The number of amides is 2. The van der Waals surface area contributed by atoms with Crippen molar-refractivity contribution >= 4 is 33.4 Å². The molecule has 1 aliphatic rings. The largest absolute Gasteiger partial charge is 0.496 e. The predicted molar refractivity (Wildman–Crippen MR) is 111 cm³/mol.